The van der Waals surface area contributed by atoms with Crippen LogP contribution in [-0.4, -0.2) is 29.1 Å². The van der Waals surface area contributed by atoms with Crippen molar-refractivity contribution in [3.63, 3.8) is 0 Å². The zero-order valence-electron chi connectivity index (χ0n) is 12.7. The normalized spacial score (nSPS) is 10.9. The Hall–Kier alpha value is -2.29. The third-order valence-corrected chi connectivity index (χ3v) is 5.42. The van der Waals surface area contributed by atoms with Crippen molar-refractivity contribution >= 4 is 44.6 Å². The summed E-state index contributed by atoms with van der Waals surface area (Å²) < 4.78 is 6.25. The largest absolute Gasteiger partial charge is 0.476 e. The molecule has 0 saturated carbocycles. The van der Waals surface area contributed by atoms with Crippen LogP contribution in [0.5, 0.6) is 0 Å². The number of carbonyl (C=O) groups is 2. The average Bonchev–Trinajstić information content (AvgIpc) is 3.18. The van der Waals surface area contributed by atoms with Crippen LogP contribution >= 0.6 is 22.7 Å². The summed E-state index contributed by atoms with van der Waals surface area (Å²) in [4.78, 5) is 27.9. The number of rotatable bonds is 6. The minimum atomic E-state index is -1.07. The van der Waals surface area contributed by atoms with Crippen LogP contribution in [0.1, 0.15) is 30.7 Å². The van der Waals surface area contributed by atoms with Gasteiger partial charge in [0.1, 0.15) is 5.01 Å². The number of carboxylic acid groups (broad SMARTS) is 1. The summed E-state index contributed by atoms with van der Waals surface area (Å²) in [6.07, 6.45) is 0. The Kier molecular flexibility index (Phi) is 4.89. The highest BCUT2D eigenvalue weighted by molar-refractivity contribution is 7.21. The number of nitrogens with one attached hydrogen (secondary N) is 1. The molecule has 0 spiro atoms. The second-order valence-electron chi connectivity index (χ2n) is 4.95. The van der Waals surface area contributed by atoms with Crippen LogP contribution in [0.4, 0.5) is 0 Å². The van der Waals surface area contributed by atoms with Crippen molar-refractivity contribution in [3.05, 3.63) is 50.8 Å². The molecule has 2 aromatic heterocycles. The van der Waals surface area contributed by atoms with E-state index in [2.05, 4.69) is 10.3 Å². The zero-order valence-corrected chi connectivity index (χ0v) is 14.4. The predicted molar refractivity (Wildman–Crippen MR) is 92.8 cm³/mol. The minimum absolute atomic E-state index is 0.00816. The van der Waals surface area contributed by atoms with Gasteiger partial charge in [0, 0.05) is 22.8 Å². The van der Waals surface area contributed by atoms with Crippen molar-refractivity contribution in [2.45, 2.75) is 13.2 Å². The van der Waals surface area contributed by atoms with Gasteiger partial charge >= 0.3 is 5.97 Å². The Morgan fingerprint density at radius 2 is 2.12 bits per heavy atom. The first kappa shape index (κ1) is 16.6. The van der Waals surface area contributed by atoms with E-state index in [4.69, 9.17) is 9.84 Å². The maximum Gasteiger partial charge on any atom is 0.355 e. The highest BCUT2D eigenvalue weighted by Gasteiger charge is 2.18. The van der Waals surface area contributed by atoms with Crippen LogP contribution in [0.15, 0.2) is 29.6 Å². The van der Waals surface area contributed by atoms with Gasteiger partial charge in [0.2, 0.25) is 0 Å². The molecule has 6 nitrogen and oxygen atoms in total. The van der Waals surface area contributed by atoms with Gasteiger partial charge in [0.25, 0.3) is 5.91 Å². The Labute approximate surface area is 145 Å². The van der Waals surface area contributed by atoms with Crippen LogP contribution in [0.25, 0.3) is 10.1 Å². The monoisotopic (exact) mass is 362 g/mol. The Bertz CT molecular complexity index is 901. The number of carboxylic acids is 1. The molecule has 0 bridgehead atoms. The third-order valence-electron chi connectivity index (χ3n) is 3.36. The number of aromatic carboxylic acids is 1. The molecule has 1 aromatic carbocycles. The highest BCUT2D eigenvalue weighted by atomic mass is 32.1. The number of hydrogen-bond acceptors (Lipinski definition) is 6. The number of fused-ring (bicyclic) bond motifs is 1. The fourth-order valence-electron chi connectivity index (χ4n) is 2.30. The van der Waals surface area contributed by atoms with E-state index < -0.39 is 5.97 Å². The van der Waals surface area contributed by atoms with E-state index in [0.29, 0.717) is 16.5 Å². The molecular weight excluding hydrogens is 348 g/mol. The predicted octanol–water partition coefficient (Wildman–Crippen LogP) is 3.13. The SMILES string of the molecule is COCc1c(C(=O)NCc2nc(C(=O)O)cs2)sc2ccccc12. The molecule has 0 saturated heterocycles. The van der Waals surface area contributed by atoms with Crippen molar-refractivity contribution in [1.29, 1.82) is 0 Å². The third kappa shape index (κ3) is 3.30. The first-order chi connectivity index (χ1) is 11.6. The van der Waals surface area contributed by atoms with Gasteiger partial charge in [-0.3, -0.25) is 4.79 Å². The van der Waals surface area contributed by atoms with Gasteiger partial charge < -0.3 is 15.2 Å². The summed E-state index contributed by atoms with van der Waals surface area (Å²) in [5.41, 5.74) is 0.854. The van der Waals surface area contributed by atoms with Gasteiger partial charge in [-0.15, -0.1) is 22.7 Å². The Morgan fingerprint density at radius 1 is 1.33 bits per heavy atom. The second kappa shape index (κ2) is 7.08. The number of aromatic nitrogens is 1. The number of benzene rings is 1. The van der Waals surface area contributed by atoms with Crippen LogP contribution in [0.2, 0.25) is 0 Å². The summed E-state index contributed by atoms with van der Waals surface area (Å²) in [6, 6.07) is 7.80. The van der Waals surface area contributed by atoms with E-state index in [1.807, 2.05) is 24.3 Å². The highest BCUT2D eigenvalue weighted by Crippen LogP contribution is 2.31. The quantitative estimate of drug-likeness (QED) is 0.703. The molecule has 3 aromatic rings. The van der Waals surface area contributed by atoms with Crippen molar-refractivity contribution in [2.24, 2.45) is 0 Å². The topological polar surface area (TPSA) is 88.5 Å². The second-order valence-corrected chi connectivity index (χ2v) is 6.95. The first-order valence-electron chi connectivity index (χ1n) is 7.05. The summed E-state index contributed by atoms with van der Waals surface area (Å²) in [5.74, 6) is -1.29. The van der Waals surface area contributed by atoms with E-state index >= 15 is 0 Å². The molecule has 0 fully saturated rings. The van der Waals surface area contributed by atoms with Crippen molar-refractivity contribution in [3.8, 4) is 0 Å². The summed E-state index contributed by atoms with van der Waals surface area (Å²) in [5, 5.41) is 14.7. The molecule has 0 aliphatic carbocycles. The van der Waals surface area contributed by atoms with Crippen LogP contribution in [0, 0.1) is 0 Å². The van der Waals surface area contributed by atoms with Crippen molar-refractivity contribution < 1.29 is 19.4 Å². The molecular formula is C16H14N2O4S2. The average molecular weight is 362 g/mol. The zero-order chi connectivity index (χ0) is 17.1. The summed E-state index contributed by atoms with van der Waals surface area (Å²) in [6.45, 7) is 0.546. The molecule has 3 rings (SSSR count). The summed E-state index contributed by atoms with van der Waals surface area (Å²) in [7, 11) is 1.59. The van der Waals surface area contributed by atoms with Gasteiger partial charge in [-0.1, -0.05) is 18.2 Å². The fourth-order valence-corrected chi connectivity index (χ4v) is 4.13. The molecule has 2 N–H and O–H groups in total. The first-order valence-corrected chi connectivity index (χ1v) is 8.75. The van der Waals surface area contributed by atoms with Crippen molar-refractivity contribution in [1.82, 2.24) is 10.3 Å². The molecule has 0 radical (unpaired) electrons. The Balaban J connectivity index is 1.80. The number of carbonyl (C=O) groups excluding carboxylic acids is 1. The smallest absolute Gasteiger partial charge is 0.355 e. The Morgan fingerprint density at radius 3 is 2.83 bits per heavy atom. The molecule has 0 aliphatic heterocycles. The van der Waals surface area contributed by atoms with E-state index in [-0.39, 0.29) is 18.1 Å². The molecule has 2 heterocycles. The molecule has 1 amide bonds. The van der Waals surface area contributed by atoms with Crippen LogP contribution in [0.3, 0.4) is 0 Å². The van der Waals surface area contributed by atoms with Gasteiger partial charge in [-0.25, -0.2) is 9.78 Å². The number of thiazole rings is 1. The van der Waals surface area contributed by atoms with E-state index in [9.17, 15) is 9.59 Å². The van der Waals surface area contributed by atoms with E-state index in [0.717, 1.165) is 15.6 Å². The lowest BCUT2D eigenvalue weighted by molar-refractivity contribution is 0.0691. The standard InChI is InChI=1S/C16H14N2O4S2/c1-22-7-10-9-4-2-3-5-12(9)24-14(10)15(19)17-6-13-18-11(8-23-13)16(20)21/h2-5,8H,6-7H2,1H3,(H,17,19)(H,20,21). The molecule has 0 unspecified atom stereocenters. The molecule has 8 heteroatoms. The van der Waals surface area contributed by atoms with Gasteiger partial charge in [-0.2, -0.15) is 0 Å². The van der Waals surface area contributed by atoms with E-state index in [1.165, 1.54) is 28.1 Å². The molecule has 124 valence electrons. The van der Waals surface area contributed by atoms with Gasteiger partial charge in [0.15, 0.2) is 5.69 Å². The summed E-state index contributed by atoms with van der Waals surface area (Å²) >= 11 is 2.62. The lowest BCUT2D eigenvalue weighted by Gasteiger charge is -2.04. The fraction of sp³-hybridized carbons (Fsp3) is 0.188. The number of nitrogens with zero attached hydrogens (tertiary/aromatic N) is 1. The van der Waals surface area contributed by atoms with Crippen LogP contribution in [-0.2, 0) is 17.9 Å². The maximum absolute atomic E-state index is 12.5. The number of amides is 1. The number of thiophene rings is 1. The molecule has 24 heavy (non-hydrogen) atoms. The molecule has 0 aliphatic rings. The van der Waals surface area contributed by atoms with Crippen LogP contribution < -0.4 is 5.32 Å². The molecule has 0 atom stereocenters. The minimum Gasteiger partial charge on any atom is -0.476 e. The number of methoxy groups -OCH3 is 1. The maximum atomic E-state index is 12.5. The van der Waals surface area contributed by atoms with Gasteiger partial charge in [0.05, 0.1) is 18.0 Å². The number of ether oxygens (including phenoxy) is 1. The number of hydrogen-bond donors (Lipinski definition) is 2. The lowest BCUT2D eigenvalue weighted by Crippen LogP contribution is -2.23. The van der Waals surface area contributed by atoms with Gasteiger partial charge in [-0.05, 0) is 11.5 Å². The lowest BCUT2D eigenvalue weighted by atomic mass is 10.1. The van der Waals surface area contributed by atoms with Crippen molar-refractivity contribution in [2.75, 3.05) is 7.11 Å². The van der Waals surface area contributed by atoms with E-state index in [1.54, 1.807) is 7.11 Å².